The highest BCUT2D eigenvalue weighted by Gasteiger charge is 2.49. The summed E-state index contributed by atoms with van der Waals surface area (Å²) in [5, 5.41) is 0. The lowest BCUT2D eigenvalue weighted by molar-refractivity contribution is -0.600. The van der Waals surface area contributed by atoms with Gasteiger partial charge in [-0.1, -0.05) is 36.4 Å². The summed E-state index contributed by atoms with van der Waals surface area (Å²) >= 11 is 7.00. The fourth-order valence-corrected chi connectivity index (χ4v) is 4.09. The zero-order valence-electron chi connectivity index (χ0n) is 15.7. The van der Waals surface area contributed by atoms with Crippen molar-refractivity contribution in [2.75, 3.05) is 0 Å². The van der Waals surface area contributed by atoms with E-state index in [4.69, 9.17) is 21.5 Å². The van der Waals surface area contributed by atoms with Crippen molar-refractivity contribution in [3.8, 4) is 5.75 Å². The van der Waals surface area contributed by atoms with Crippen LogP contribution < -0.4 is 4.74 Å². The van der Waals surface area contributed by atoms with Crippen LogP contribution in [0.5, 0.6) is 5.75 Å². The Morgan fingerprint density at radius 3 is 2.72 bits per heavy atom. The van der Waals surface area contributed by atoms with E-state index in [0.29, 0.717) is 25.3 Å². The van der Waals surface area contributed by atoms with Crippen molar-refractivity contribution in [3.63, 3.8) is 0 Å². The number of halogens is 1. The number of allylic oxidation sites excluding steroid dienone is 2. The number of hydrogen-bond acceptors (Lipinski definition) is 4. The molecule has 0 aromatic heterocycles. The lowest BCUT2D eigenvalue weighted by Gasteiger charge is -2.25. The maximum Gasteiger partial charge on any atom is 0.263 e. The Morgan fingerprint density at radius 1 is 1.10 bits per heavy atom. The first-order valence-electron chi connectivity index (χ1n) is 9.55. The number of hydrogen-bond donors (Lipinski definition) is 0. The summed E-state index contributed by atoms with van der Waals surface area (Å²) in [6, 6.07) is 17.8. The van der Waals surface area contributed by atoms with Crippen molar-refractivity contribution >= 4 is 29.6 Å². The summed E-state index contributed by atoms with van der Waals surface area (Å²) in [4.78, 5) is 20.6. The predicted molar refractivity (Wildman–Crippen MR) is 112 cm³/mol. The summed E-state index contributed by atoms with van der Waals surface area (Å²) in [5.41, 5.74) is 3.66. The van der Waals surface area contributed by atoms with Gasteiger partial charge in [0.15, 0.2) is 11.8 Å². The maximum atomic E-state index is 11.5. The van der Waals surface area contributed by atoms with Gasteiger partial charge in [0.05, 0.1) is 18.0 Å². The van der Waals surface area contributed by atoms with Crippen LogP contribution in [0, 0.1) is 5.92 Å². The average molecular weight is 405 g/mol. The molecule has 2 aliphatic heterocycles. The Bertz CT molecular complexity index is 1100. The van der Waals surface area contributed by atoms with E-state index in [9.17, 15) is 4.79 Å². The molecule has 2 aromatic rings. The second-order valence-electron chi connectivity index (χ2n) is 7.36. The Hall–Kier alpha value is -3.02. The van der Waals surface area contributed by atoms with Crippen molar-refractivity contribution in [1.29, 1.82) is 0 Å². The van der Waals surface area contributed by atoms with Crippen LogP contribution in [0.1, 0.15) is 24.0 Å². The number of quaternary nitrogens is 1. The zero-order chi connectivity index (χ0) is 19.8. The molecule has 29 heavy (non-hydrogen) atoms. The number of fused-ring (bicyclic) bond motifs is 1. The molecule has 1 unspecified atom stereocenters. The molecule has 1 fully saturated rings. The number of carbonyl (C=O) groups excluding carboxylic acids is 1. The minimum absolute atomic E-state index is 0.0638. The number of ketones is 1. The summed E-state index contributed by atoms with van der Waals surface area (Å²) < 4.78 is 5.91. The molecule has 3 aliphatic rings. The summed E-state index contributed by atoms with van der Waals surface area (Å²) in [6.07, 6.45) is 6.27. The van der Waals surface area contributed by atoms with Crippen molar-refractivity contribution in [2.24, 2.45) is 15.9 Å². The molecule has 144 valence electrons. The van der Waals surface area contributed by atoms with Gasteiger partial charge in [-0.25, -0.2) is 0 Å². The molecule has 2 aromatic carbocycles. The molecule has 1 saturated carbocycles. The van der Waals surface area contributed by atoms with Crippen LogP contribution in [0.3, 0.4) is 0 Å². The van der Waals surface area contributed by atoms with E-state index in [2.05, 4.69) is 4.99 Å². The lowest BCUT2D eigenvalue weighted by atomic mass is 9.81. The lowest BCUT2D eigenvalue weighted by Crippen LogP contribution is -2.38. The van der Waals surface area contributed by atoms with Gasteiger partial charge in [-0.3, -0.25) is 9.79 Å². The van der Waals surface area contributed by atoms with Crippen LogP contribution in [0.4, 0.5) is 0 Å². The molecule has 0 radical (unpaired) electrons. The first-order valence-corrected chi connectivity index (χ1v) is 9.89. The van der Waals surface area contributed by atoms with E-state index in [0.717, 1.165) is 28.3 Å². The van der Waals surface area contributed by atoms with Crippen LogP contribution in [0.15, 0.2) is 88.4 Å². The van der Waals surface area contributed by atoms with Gasteiger partial charge in [0.2, 0.25) is 5.70 Å². The van der Waals surface area contributed by atoms with Gasteiger partial charge >= 0.3 is 0 Å². The third-order valence-electron chi connectivity index (χ3n) is 5.38. The number of Topliss-reactive ketones (excluding diaryl/α,β-unsaturated/α-hetero) is 1. The quantitative estimate of drug-likeness (QED) is 0.675. The van der Waals surface area contributed by atoms with E-state index in [1.807, 2.05) is 54.6 Å². The molecule has 6 heteroatoms. The van der Waals surface area contributed by atoms with E-state index < -0.39 is 0 Å². The number of rotatable bonds is 5. The van der Waals surface area contributed by atoms with Crippen LogP contribution in [-0.4, -0.2) is 21.8 Å². The molecule has 1 atom stereocenters. The van der Waals surface area contributed by atoms with E-state index in [1.54, 1.807) is 18.6 Å². The van der Waals surface area contributed by atoms with Crippen LogP contribution in [-0.2, 0) is 11.4 Å². The first-order chi connectivity index (χ1) is 14.1. The second-order valence-corrected chi connectivity index (χ2v) is 7.90. The molecule has 0 N–H and O–H groups in total. The number of nitrogens with zero attached hydrogens (tertiary/aromatic N) is 3. The number of aliphatic imine (C=N–C) groups is 2. The molecule has 5 nitrogen and oxygen atoms in total. The number of carbonyl (C=O) groups is 1. The largest absolute Gasteiger partial charge is 0.489 e. The average Bonchev–Trinajstić information content (AvgIpc) is 3.03. The fourth-order valence-electron chi connectivity index (χ4n) is 3.77. The standard InChI is InChI=1S/C23H19ClN3O2/c24-27-10-9-25-14-21(27)22(18-11-19(28)12-18)26-23(27)17-7-4-8-20(13-17)29-15-16-5-2-1-3-6-16/h1-10,13-14,18H,11-12,15H2/q+1. The van der Waals surface area contributed by atoms with Gasteiger partial charge in [-0.05, 0) is 23.8 Å². The van der Waals surface area contributed by atoms with E-state index in [-0.39, 0.29) is 15.7 Å². The predicted octanol–water partition coefficient (Wildman–Crippen LogP) is 4.74. The molecule has 2 heterocycles. The molecule has 0 bridgehead atoms. The fraction of sp³-hybridized carbons (Fsp3) is 0.174. The molecule has 0 amide bonds. The van der Waals surface area contributed by atoms with Gasteiger partial charge in [-0.2, -0.15) is 4.99 Å². The highest BCUT2D eigenvalue weighted by molar-refractivity contribution is 6.20. The molecular weight excluding hydrogens is 386 g/mol. The summed E-state index contributed by atoms with van der Waals surface area (Å²) in [7, 11) is 0. The van der Waals surface area contributed by atoms with Crippen molar-refractivity contribution < 1.29 is 13.5 Å². The van der Waals surface area contributed by atoms with Crippen molar-refractivity contribution in [2.45, 2.75) is 19.4 Å². The molecule has 0 saturated heterocycles. The smallest absolute Gasteiger partial charge is 0.263 e. The van der Waals surface area contributed by atoms with Crippen molar-refractivity contribution in [3.05, 3.63) is 89.5 Å². The third-order valence-corrected chi connectivity index (χ3v) is 5.83. The second kappa shape index (κ2) is 7.10. The van der Waals surface area contributed by atoms with Gasteiger partial charge in [0.1, 0.15) is 30.0 Å². The highest BCUT2D eigenvalue weighted by Crippen LogP contribution is 2.44. The van der Waals surface area contributed by atoms with Gasteiger partial charge in [-0.15, -0.1) is 4.00 Å². The Balaban J connectivity index is 1.44. The number of amidine groups is 1. The SMILES string of the molecule is O=C1CC(C2=C3C=NC=C[N+]3(Cl)C(c3cccc(OCc4ccccc4)c3)=N2)C1. The third kappa shape index (κ3) is 3.22. The zero-order valence-corrected chi connectivity index (χ0v) is 16.4. The van der Waals surface area contributed by atoms with Crippen LogP contribution in [0.25, 0.3) is 0 Å². The van der Waals surface area contributed by atoms with E-state index in [1.165, 1.54) is 0 Å². The Morgan fingerprint density at radius 2 is 1.93 bits per heavy atom. The van der Waals surface area contributed by atoms with Gasteiger partial charge < -0.3 is 4.74 Å². The first kappa shape index (κ1) is 18.0. The van der Waals surface area contributed by atoms with E-state index >= 15 is 0 Å². The molecule has 1 aliphatic carbocycles. The monoisotopic (exact) mass is 404 g/mol. The molecule has 0 spiro atoms. The van der Waals surface area contributed by atoms with Gasteiger partial charge in [0, 0.05) is 18.8 Å². The Kier molecular flexibility index (Phi) is 4.42. The van der Waals surface area contributed by atoms with Crippen LogP contribution >= 0.6 is 11.8 Å². The topological polar surface area (TPSA) is 51.0 Å². The summed E-state index contributed by atoms with van der Waals surface area (Å²) in [5.74, 6) is 1.82. The number of ether oxygens (including phenoxy) is 1. The molecule has 5 rings (SSSR count). The maximum absolute atomic E-state index is 11.5. The van der Waals surface area contributed by atoms with Gasteiger partial charge in [0.25, 0.3) is 5.84 Å². The summed E-state index contributed by atoms with van der Waals surface area (Å²) in [6.45, 7) is 0.489. The molecular formula is C23H19ClN3O2+. The van der Waals surface area contributed by atoms with Crippen LogP contribution in [0.2, 0.25) is 0 Å². The Labute approximate surface area is 174 Å². The minimum atomic E-state index is -0.0638. The highest BCUT2D eigenvalue weighted by atomic mass is 35.5. The number of benzene rings is 2. The minimum Gasteiger partial charge on any atom is -0.489 e. The normalized spacial score (nSPS) is 23.1. The van der Waals surface area contributed by atoms with Crippen molar-refractivity contribution in [1.82, 2.24) is 0 Å².